The van der Waals surface area contributed by atoms with Gasteiger partial charge in [-0.3, -0.25) is 5.43 Å². The van der Waals surface area contributed by atoms with Crippen LogP contribution in [0.1, 0.15) is 5.56 Å². The molecule has 122 valence electrons. The van der Waals surface area contributed by atoms with Crippen molar-refractivity contribution in [2.45, 2.75) is 16.3 Å². The van der Waals surface area contributed by atoms with Crippen molar-refractivity contribution in [1.82, 2.24) is 10.9 Å². The fraction of sp³-hybridized carbons (Fsp3) is 0.188. The van der Waals surface area contributed by atoms with Crippen LogP contribution in [0.2, 0.25) is 0 Å². The molecule has 7 heteroatoms. The van der Waals surface area contributed by atoms with Crippen LogP contribution in [0.4, 0.5) is 4.79 Å². The maximum Gasteiger partial charge on any atom is 0.326 e. The molecule has 0 aromatic heterocycles. The smallest absolute Gasteiger partial charge is 0.326 e. The fourth-order valence-corrected chi connectivity index (χ4v) is 3.04. The summed E-state index contributed by atoms with van der Waals surface area (Å²) in [6.45, 7) is 0.457. The van der Waals surface area contributed by atoms with Gasteiger partial charge in [-0.15, -0.1) is 0 Å². The summed E-state index contributed by atoms with van der Waals surface area (Å²) in [5.41, 5.74) is 11.2. The molecule has 2 amide bonds. The number of primary amides is 1. The van der Waals surface area contributed by atoms with Crippen LogP contribution in [0.15, 0.2) is 52.3 Å². The second-order valence-electron chi connectivity index (χ2n) is 4.57. The van der Waals surface area contributed by atoms with Crippen LogP contribution in [-0.2, 0) is 6.54 Å². The van der Waals surface area contributed by atoms with Crippen molar-refractivity contribution in [2.75, 3.05) is 14.2 Å². The van der Waals surface area contributed by atoms with E-state index in [0.717, 1.165) is 26.9 Å². The molecule has 0 unspecified atom stereocenters. The molecule has 0 saturated heterocycles. The van der Waals surface area contributed by atoms with Gasteiger partial charge in [0.25, 0.3) is 0 Å². The van der Waals surface area contributed by atoms with Crippen molar-refractivity contribution < 1.29 is 14.3 Å². The largest absolute Gasteiger partial charge is 0.497 e. The first-order chi connectivity index (χ1) is 11.1. The highest BCUT2D eigenvalue weighted by atomic mass is 32.2. The summed E-state index contributed by atoms with van der Waals surface area (Å²) in [6.07, 6.45) is 0. The lowest BCUT2D eigenvalue weighted by Crippen LogP contribution is -2.40. The van der Waals surface area contributed by atoms with Crippen molar-refractivity contribution in [2.24, 2.45) is 5.73 Å². The molecule has 4 N–H and O–H groups in total. The van der Waals surface area contributed by atoms with E-state index in [1.165, 1.54) is 0 Å². The number of amides is 2. The molecular formula is C16H19N3O3S. The van der Waals surface area contributed by atoms with Crippen LogP contribution in [0.5, 0.6) is 11.5 Å². The van der Waals surface area contributed by atoms with E-state index in [-0.39, 0.29) is 0 Å². The van der Waals surface area contributed by atoms with Crippen molar-refractivity contribution in [3.05, 3.63) is 48.0 Å². The summed E-state index contributed by atoms with van der Waals surface area (Å²) in [5.74, 6) is 1.54. The summed E-state index contributed by atoms with van der Waals surface area (Å²) in [7, 11) is 3.26. The number of carbonyl (C=O) groups is 1. The molecule has 0 bridgehead atoms. The summed E-state index contributed by atoms with van der Waals surface area (Å²) in [5, 5.41) is 0. The second-order valence-corrected chi connectivity index (χ2v) is 5.65. The topological polar surface area (TPSA) is 85.6 Å². The Balaban J connectivity index is 2.21. The Labute approximate surface area is 139 Å². The minimum atomic E-state index is -0.621. The third-order valence-corrected chi connectivity index (χ3v) is 4.21. The van der Waals surface area contributed by atoms with Gasteiger partial charge in [0.1, 0.15) is 11.5 Å². The molecule has 0 atom stereocenters. The number of hydrogen-bond acceptors (Lipinski definition) is 5. The lowest BCUT2D eigenvalue weighted by Gasteiger charge is -2.13. The van der Waals surface area contributed by atoms with E-state index in [2.05, 4.69) is 10.9 Å². The SMILES string of the molecule is COc1ccc(OC)c(Sc2ccccc2CNNC(N)=O)c1. The third kappa shape index (κ3) is 4.80. The average molecular weight is 333 g/mol. The second kappa shape index (κ2) is 8.30. The van der Waals surface area contributed by atoms with Crippen molar-refractivity contribution >= 4 is 17.8 Å². The predicted octanol–water partition coefficient (Wildman–Crippen LogP) is 2.53. The number of hydrogen-bond donors (Lipinski definition) is 3. The van der Waals surface area contributed by atoms with Gasteiger partial charge in [0.05, 0.1) is 19.1 Å². The third-order valence-electron chi connectivity index (χ3n) is 3.05. The van der Waals surface area contributed by atoms with Crippen LogP contribution in [-0.4, -0.2) is 20.3 Å². The average Bonchev–Trinajstić information content (AvgIpc) is 2.56. The van der Waals surface area contributed by atoms with Gasteiger partial charge in [-0.25, -0.2) is 10.2 Å². The maximum atomic E-state index is 10.7. The molecular weight excluding hydrogens is 314 g/mol. The van der Waals surface area contributed by atoms with Crippen LogP contribution in [0.25, 0.3) is 0 Å². The molecule has 0 fully saturated rings. The highest BCUT2D eigenvalue weighted by molar-refractivity contribution is 7.99. The summed E-state index contributed by atoms with van der Waals surface area (Å²) >= 11 is 1.56. The summed E-state index contributed by atoms with van der Waals surface area (Å²) < 4.78 is 10.7. The number of urea groups is 1. The zero-order valence-corrected chi connectivity index (χ0v) is 13.8. The number of nitrogens with two attached hydrogens (primary N) is 1. The molecule has 0 saturated carbocycles. The van der Waals surface area contributed by atoms with Gasteiger partial charge < -0.3 is 15.2 Å². The number of methoxy groups -OCH3 is 2. The first kappa shape index (κ1) is 17.0. The maximum absolute atomic E-state index is 10.7. The zero-order valence-electron chi connectivity index (χ0n) is 13.0. The van der Waals surface area contributed by atoms with E-state index in [1.807, 2.05) is 42.5 Å². The lowest BCUT2D eigenvalue weighted by molar-refractivity contribution is 0.244. The van der Waals surface area contributed by atoms with Crippen LogP contribution in [0.3, 0.4) is 0 Å². The molecule has 2 rings (SSSR count). The normalized spacial score (nSPS) is 10.2. The Kier molecular flexibility index (Phi) is 6.13. The number of carbonyl (C=O) groups excluding carboxylic acids is 1. The van der Waals surface area contributed by atoms with E-state index in [4.69, 9.17) is 15.2 Å². The van der Waals surface area contributed by atoms with Crippen molar-refractivity contribution in [3.63, 3.8) is 0 Å². The van der Waals surface area contributed by atoms with E-state index in [0.29, 0.717) is 6.54 Å². The molecule has 2 aromatic rings. The molecule has 0 aliphatic carbocycles. The number of benzene rings is 2. The Hall–Kier alpha value is -2.38. The standard InChI is InChI=1S/C16H19N3O3S/c1-21-12-7-8-13(22-2)15(9-12)23-14-6-4-3-5-11(14)10-18-19-16(17)20/h3-9,18H,10H2,1-2H3,(H3,17,19,20). The highest BCUT2D eigenvalue weighted by Crippen LogP contribution is 2.38. The Morgan fingerprint density at radius 2 is 1.91 bits per heavy atom. The minimum absolute atomic E-state index is 0.457. The minimum Gasteiger partial charge on any atom is -0.497 e. The first-order valence-corrected chi connectivity index (χ1v) is 7.71. The summed E-state index contributed by atoms with van der Waals surface area (Å²) in [6, 6.07) is 12.9. The first-order valence-electron chi connectivity index (χ1n) is 6.90. The van der Waals surface area contributed by atoms with Gasteiger partial charge in [-0.2, -0.15) is 0 Å². The van der Waals surface area contributed by atoms with E-state index in [9.17, 15) is 4.79 Å². The highest BCUT2D eigenvalue weighted by Gasteiger charge is 2.10. The summed E-state index contributed by atoms with van der Waals surface area (Å²) in [4.78, 5) is 12.7. The zero-order chi connectivity index (χ0) is 16.7. The molecule has 0 heterocycles. The number of nitrogens with one attached hydrogen (secondary N) is 2. The molecule has 6 nitrogen and oxygen atoms in total. The molecule has 0 spiro atoms. The van der Waals surface area contributed by atoms with E-state index < -0.39 is 6.03 Å². The van der Waals surface area contributed by atoms with Gasteiger partial charge in [0.2, 0.25) is 0 Å². The van der Waals surface area contributed by atoms with E-state index >= 15 is 0 Å². The quantitative estimate of drug-likeness (QED) is 0.678. The number of hydrazine groups is 1. The monoisotopic (exact) mass is 333 g/mol. The fourth-order valence-electron chi connectivity index (χ4n) is 1.96. The van der Waals surface area contributed by atoms with Gasteiger partial charge in [-0.05, 0) is 29.8 Å². The van der Waals surface area contributed by atoms with Crippen LogP contribution < -0.4 is 26.1 Å². The Bertz CT molecular complexity index is 679. The molecule has 23 heavy (non-hydrogen) atoms. The van der Waals surface area contributed by atoms with Gasteiger partial charge in [0, 0.05) is 11.4 Å². The van der Waals surface area contributed by atoms with Crippen LogP contribution >= 0.6 is 11.8 Å². The molecule has 2 aromatic carbocycles. The Morgan fingerprint density at radius 3 is 2.61 bits per heavy atom. The molecule has 0 aliphatic rings. The van der Waals surface area contributed by atoms with Crippen molar-refractivity contribution in [3.8, 4) is 11.5 Å². The van der Waals surface area contributed by atoms with Gasteiger partial charge in [0.15, 0.2) is 0 Å². The lowest BCUT2D eigenvalue weighted by atomic mass is 10.2. The molecule has 0 aliphatic heterocycles. The molecule has 0 radical (unpaired) electrons. The Morgan fingerprint density at radius 1 is 1.13 bits per heavy atom. The van der Waals surface area contributed by atoms with Crippen molar-refractivity contribution in [1.29, 1.82) is 0 Å². The number of rotatable bonds is 7. The van der Waals surface area contributed by atoms with Crippen LogP contribution in [0, 0.1) is 0 Å². The van der Waals surface area contributed by atoms with Gasteiger partial charge >= 0.3 is 6.03 Å². The van der Waals surface area contributed by atoms with Gasteiger partial charge in [-0.1, -0.05) is 30.0 Å². The predicted molar refractivity (Wildman–Crippen MR) is 89.7 cm³/mol. The van der Waals surface area contributed by atoms with E-state index in [1.54, 1.807) is 26.0 Å². The number of ether oxygens (including phenoxy) is 2.